The molecule has 4 N–H and O–H groups in total. The van der Waals surface area contributed by atoms with Crippen molar-refractivity contribution in [2.75, 3.05) is 23.8 Å². The van der Waals surface area contributed by atoms with Crippen molar-refractivity contribution >= 4 is 33.0 Å². The van der Waals surface area contributed by atoms with E-state index in [1.807, 2.05) is 19.9 Å². The molecule has 0 unspecified atom stereocenters. The number of fused-ring (bicyclic) bond motifs is 1. The first-order chi connectivity index (χ1) is 15.1. The van der Waals surface area contributed by atoms with E-state index in [0.29, 0.717) is 35.0 Å². The summed E-state index contributed by atoms with van der Waals surface area (Å²) in [6, 6.07) is 12.8. The van der Waals surface area contributed by atoms with E-state index in [1.54, 1.807) is 36.5 Å². The predicted molar refractivity (Wildman–Crippen MR) is 125 cm³/mol. The summed E-state index contributed by atoms with van der Waals surface area (Å²) < 4.78 is 0. The average molecular weight is 421 g/mol. The van der Waals surface area contributed by atoms with Gasteiger partial charge in [0, 0.05) is 34.8 Å². The van der Waals surface area contributed by atoms with Gasteiger partial charge < -0.3 is 20.8 Å². The molecule has 1 aliphatic heterocycles. The second kappa shape index (κ2) is 7.97. The van der Waals surface area contributed by atoms with Crippen molar-refractivity contribution in [1.29, 1.82) is 5.26 Å². The number of hydrogen-bond acceptors (Lipinski definition) is 7. The van der Waals surface area contributed by atoms with Crippen molar-refractivity contribution in [2.45, 2.75) is 24.7 Å². The largest absolute Gasteiger partial charge is 0.405 e. The van der Waals surface area contributed by atoms with Gasteiger partial charge in [-0.05, 0) is 47.9 Å². The van der Waals surface area contributed by atoms with Gasteiger partial charge in [0.05, 0.1) is 23.6 Å². The fraction of sp³-hybridized carbons (Fsp3) is 0.261. The van der Waals surface area contributed by atoms with Crippen LogP contribution < -0.4 is 10.6 Å². The maximum Gasteiger partial charge on any atom is 0.227 e. The predicted octanol–water partition coefficient (Wildman–Crippen LogP) is 2.18. The van der Waals surface area contributed by atoms with Crippen LogP contribution in [0.4, 0.5) is 17.3 Å². The molecule has 2 aromatic carbocycles. The average Bonchev–Trinajstić information content (AvgIpc) is 3.11. The smallest absolute Gasteiger partial charge is 0.227 e. The van der Waals surface area contributed by atoms with Gasteiger partial charge in [-0.15, -0.1) is 0 Å². The Morgan fingerprint density at radius 1 is 1.28 bits per heavy atom. The van der Waals surface area contributed by atoms with Crippen LogP contribution in [-0.2, 0) is 10.8 Å². The Kier molecular flexibility index (Phi) is 5.45. The van der Waals surface area contributed by atoms with Crippen molar-refractivity contribution in [2.24, 2.45) is 0 Å². The number of aliphatic hydroxyl groups is 2. The van der Waals surface area contributed by atoms with Crippen LogP contribution in [0.2, 0.25) is 0 Å². The van der Waals surface area contributed by atoms with Crippen LogP contribution in [0, 0.1) is 18.3 Å². The summed E-state index contributed by atoms with van der Waals surface area (Å²) in [6.07, 6.45) is 1.62. The molecule has 1 atom stereocenters. The Morgan fingerprint density at radius 2 is 2.06 bits per heavy atom. The minimum Gasteiger partial charge on any atom is -0.405 e. The van der Waals surface area contributed by atoms with Gasteiger partial charge in [-0.2, -0.15) is 5.26 Å². The molecule has 2 heterocycles. The highest BCUT2D eigenvalue weighted by Crippen LogP contribution is 2.41. The van der Waals surface area contributed by atoms with Crippen LogP contribution in [-0.4, -0.2) is 49.0 Å². The molecule has 9 heteroatoms. The SMILES string of the molecule is [B]C([B])(O)c1ccc(C)c(Nc2nccc(-c3cc(C#N)c4c(c3)[C@@](C)(CO)CN4)n2)c1. The number of rotatable bonds is 5. The quantitative estimate of drug-likeness (QED) is 0.467. The fourth-order valence-corrected chi connectivity index (χ4v) is 3.77. The van der Waals surface area contributed by atoms with Crippen molar-refractivity contribution in [3.8, 4) is 17.3 Å². The number of aliphatic hydroxyl groups excluding tert-OH is 1. The standard InChI is InChI=1S/C23H21B2N5O2/c1-13-3-4-16(23(24,25)32)9-19(13)30-21-27-6-5-18(29-21)14-7-15(10-26)20-17(8-14)22(2,12-31)11-28-20/h3-9,28,31-32H,11-12H2,1-2H3,(H,27,29,30)/t22-/m1/s1. The summed E-state index contributed by atoms with van der Waals surface area (Å²) in [5.74, 6) is 0.336. The molecule has 4 radical (unpaired) electrons. The number of benzene rings is 2. The van der Waals surface area contributed by atoms with Gasteiger partial charge in [-0.3, -0.25) is 0 Å². The molecule has 0 amide bonds. The number of aryl methyl sites for hydroxylation is 1. The lowest BCUT2D eigenvalue weighted by Crippen LogP contribution is -2.28. The molecule has 1 aliphatic rings. The summed E-state index contributed by atoms with van der Waals surface area (Å²) >= 11 is 0. The number of anilines is 3. The zero-order valence-corrected chi connectivity index (χ0v) is 17.8. The van der Waals surface area contributed by atoms with Crippen LogP contribution in [0.25, 0.3) is 11.3 Å². The van der Waals surface area contributed by atoms with Crippen LogP contribution in [0.3, 0.4) is 0 Å². The van der Waals surface area contributed by atoms with E-state index in [4.69, 9.17) is 15.7 Å². The Morgan fingerprint density at radius 3 is 2.75 bits per heavy atom. The fourth-order valence-electron chi connectivity index (χ4n) is 3.77. The molecule has 156 valence electrons. The summed E-state index contributed by atoms with van der Waals surface area (Å²) in [7, 11) is 11.2. The highest BCUT2D eigenvalue weighted by atomic mass is 16.3. The molecule has 0 spiro atoms. The van der Waals surface area contributed by atoms with Crippen LogP contribution in [0.15, 0.2) is 42.6 Å². The number of nitriles is 1. The van der Waals surface area contributed by atoms with E-state index < -0.39 is 10.8 Å². The summed E-state index contributed by atoms with van der Waals surface area (Å²) in [5.41, 5.74) is 4.91. The highest BCUT2D eigenvalue weighted by Gasteiger charge is 2.36. The normalized spacial score (nSPS) is 17.3. The third-order valence-electron chi connectivity index (χ3n) is 5.81. The molecular formula is C23H21B2N5O2. The van der Waals surface area contributed by atoms with Gasteiger partial charge in [-0.25, -0.2) is 9.97 Å². The van der Waals surface area contributed by atoms with Crippen molar-refractivity contribution in [3.05, 3.63) is 64.8 Å². The lowest BCUT2D eigenvalue weighted by Gasteiger charge is -2.21. The molecule has 3 aromatic rings. The molecule has 1 aromatic heterocycles. The third kappa shape index (κ3) is 3.95. The Balaban J connectivity index is 1.73. The van der Waals surface area contributed by atoms with Gasteiger partial charge in [0.15, 0.2) is 0 Å². The third-order valence-corrected chi connectivity index (χ3v) is 5.81. The van der Waals surface area contributed by atoms with Crippen molar-refractivity contribution < 1.29 is 10.2 Å². The van der Waals surface area contributed by atoms with Gasteiger partial charge in [0.25, 0.3) is 0 Å². The second-order valence-corrected chi connectivity index (χ2v) is 8.38. The lowest BCUT2D eigenvalue weighted by atomic mass is 9.61. The van der Waals surface area contributed by atoms with E-state index in [2.05, 4.69) is 26.7 Å². The molecule has 0 fully saturated rings. The van der Waals surface area contributed by atoms with Gasteiger partial charge in [-0.1, -0.05) is 19.1 Å². The van der Waals surface area contributed by atoms with Crippen molar-refractivity contribution in [3.63, 3.8) is 0 Å². The first-order valence-electron chi connectivity index (χ1n) is 10.1. The molecule has 0 saturated carbocycles. The number of aromatic nitrogens is 2. The molecule has 0 aliphatic carbocycles. The molecule has 32 heavy (non-hydrogen) atoms. The van der Waals surface area contributed by atoms with E-state index in [-0.39, 0.29) is 6.61 Å². The zero-order valence-electron chi connectivity index (χ0n) is 17.8. The van der Waals surface area contributed by atoms with E-state index in [1.165, 1.54) is 0 Å². The molecule has 0 bridgehead atoms. The second-order valence-electron chi connectivity index (χ2n) is 8.38. The summed E-state index contributed by atoms with van der Waals surface area (Å²) in [5, 5.41) is 33.9. The monoisotopic (exact) mass is 421 g/mol. The summed E-state index contributed by atoms with van der Waals surface area (Å²) in [4.78, 5) is 8.89. The molecule has 7 nitrogen and oxygen atoms in total. The van der Waals surface area contributed by atoms with E-state index >= 15 is 0 Å². The Labute approximate surface area is 189 Å². The van der Waals surface area contributed by atoms with E-state index in [0.717, 1.165) is 22.4 Å². The van der Waals surface area contributed by atoms with Crippen molar-refractivity contribution in [1.82, 2.24) is 9.97 Å². The number of hydrogen-bond donors (Lipinski definition) is 4. The molecule has 0 saturated heterocycles. The minimum atomic E-state index is -1.96. The number of nitrogens with one attached hydrogen (secondary N) is 2. The molecule has 4 rings (SSSR count). The Bertz CT molecular complexity index is 1240. The maximum atomic E-state index is 9.92. The zero-order chi connectivity index (χ0) is 23.1. The van der Waals surface area contributed by atoms with Gasteiger partial charge in [0.1, 0.15) is 21.8 Å². The highest BCUT2D eigenvalue weighted by molar-refractivity contribution is 6.38. The topological polar surface area (TPSA) is 114 Å². The van der Waals surface area contributed by atoms with Crippen LogP contribution >= 0.6 is 0 Å². The molecular weight excluding hydrogens is 400 g/mol. The van der Waals surface area contributed by atoms with Crippen LogP contribution in [0.5, 0.6) is 0 Å². The van der Waals surface area contributed by atoms with E-state index in [9.17, 15) is 15.5 Å². The van der Waals surface area contributed by atoms with Gasteiger partial charge >= 0.3 is 0 Å². The van der Waals surface area contributed by atoms with Gasteiger partial charge in [0.2, 0.25) is 5.95 Å². The number of nitrogens with zero attached hydrogens (tertiary/aromatic N) is 3. The minimum absolute atomic E-state index is 0.0395. The van der Waals surface area contributed by atoms with Crippen LogP contribution in [0.1, 0.15) is 29.2 Å². The lowest BCUT2D eigenvalue weighted by molar-refractivity contribution is 0.217. The summed E-state index contributed by atoms with van der Waals surface area (Å²) in [6.45, 7) is 4.36. The first kappa shape index (κ1) is 21.9. The first-order valence-corrected chi connectivity index (χ1v) is 10.1. The maximum absolute atomic E-state index is 9.92. The Hall–Kier alpha value is -3.34.